The molecule has 0 aromatic heterocycles. The average Bonchev–Trinajstić information content (AvgIpc) is 0.816. The summed E-state index contributed by atoms with van der Waals surface area (Å²) in [5.41, 5.74) is -1.39. The van der Waals surface area contributed by atoms with Crippen molar-refractivity contribution in [1.29, 1.82) is 0 Å². The number of aliphatic carboxylic acids is 1. The number of hydrogen-bond donors (Lipinski definition) is 7. The van der Waals surface area contributed by atoms with E-state index < -0.39 is 103 Å². The Kier molecular flexibility index (Phi) is 56.4. The molecule has 36 nitrogen and oxygen atoms in total. The lowest BCUT2D eigenvalue weighted by Gasteiger charge is -2.43. The van der Waals surface area contributed by atoms with Crippen LogP contribution < -0.4 is 31.9 Å². The fourth-order valence-electron chi connectivity index (χ4n) is 14.1. The number of ether oxygens (including phenoxy) is 15. The Morgan fingerprint density at radius 3 is 0.877 bits per heavy atom. The van der Waals surface area contributed by atoms with E-state index in [4.69, 9.17) is 76.2 Å². The molecule has 0 aromatic carbocycles. The summed E-state index contributed by atoms with van der Waals surface area (Å²) < 4.78 is 87.1. The molecule has 7 N–H and O–H groups in total. The lowest BCUT2D eigenvalue weighted by Crippen LogP contribution is -2.58. The van der Waals surface area contributed by atoms with Gasteiger partial charge >= 0.3 is 41.8 Å². The van der Waals surface area contributed by atoms with Crippen molar-refractivity contribution in [1.82, 2.24) is 31.9 Å². The van der Waals surface area contributed by atoms with Crippen LogP contribution in [0.5, 0.6) is 0 Å². The highest BCUT2D eigenvalue weighted by atomic mass is 16.7. The summed E-state index contributed by atoms with van der Waals surface area (Å²) in [6.45, 7) is 20.6. The lowest BCUT2D eigenvalue weighted by atomic mass is 9.83. The highest BCUT2D eigenvalue weighted by Crippen LogP contribution is 2.37. The molecule has 3 aliphatic rings. The topological polar surface area (TPSA) is 470 Å². The van der Waals surface area contributed by atoms with Crippen LogP contribution in [0.1, 0.15) is 256 Å². The zero-order valence-electron chi connectivity index (χ0n) is 74.6. The summed E-state index contributed by atoms with van der Waals surface area (Å²) in [6.07, 6.45) is 6.25. The van der Waals surface area contributed by atoms with E-state index in [0.717, 1.165) is 38.5 Å². The number of nitrogens with one attached hydrogen (secondary N) is 6. The third kappa shape index (κ3) is 48.6. The van der Waals surface area contributed by atoms with E-state index in [1.165, 1.54) is 41.5 Å². The standard InChI is InChI=1S/C86H146N6O30/c1-57-60(4)80(117-66(10)96)83(120-70(57)51-114-63(7)93)111-45-26-22-32-69(99)31-21-25-40-87-75(102)37-48-108-54-86(92-78(105)35-19-17-15-13-14-16-18-20-36-79(106)107,55-109-49-38-76(103)90-43-29-41-88-73(100)33-23-27-46-112-84-81(118-67(11)97)61(5)58(2)71(121-84)52-115-64(8)94)56-110-50-39-77(104)91-44-30-42-89-74(101)34-24-28-47-113-85-82(119-68(12)98)62(6)59(3)72(122-85)53-116-65(9)95/h57-62,70-72,80-85H,13-56H2,1-12H3,(H,87,102)(H,88,100)(H,89,101)(H,90,103)(H,91,104)(H,92,105)(H,106,107)/t57-,58-,59-,60-,61-,62-,70?,71?,72?,80?,81?,82?,83-,84-,85-,86?/m0/s1. The third-order valence-electron chi connectivity index (χ3n) is 21.8. The fourth-order valence-corrected chi connectivity index (χ4v) is 14.1. The minimum absolute atomic E-state index is 0.0221. The first-order valence-electron chi connectivity index (χ1n) is 44.0. The Balaban J connectivity index is 1.58. The molecule has 122 heavy (non-hydrogen) atoms. The molecule has 0 aromatic rings. The van der Waals surface area contributed by atoms with Crippen molar-refractivity contribution >= 4 is 83.0 Å². The number of carboxylic acid groups (broad SMARTS) is 1. The van der Waals surface area contributed by atoms with Gasteiger partial charge in [-0.3, -0.25) is 67.1 Å². The smallest absolute Gasteiger partial charge is 0.303 e. The van der Waals surface area contributed by atoms with Gasteiger partial charge in [-0.2, -0.15) is 0 Å². The van der Waals surface area contributed by atoms with Crippen molar-refractivity contribution in [3.05, 3.63) is 0 Å². The van der Waals surface area contributed by atoms with E-state index in [1.54, 1.807) is 0 Å². The van der Waals surface area contributed by atoms with Crippen molar-refractivity contribution in [3.63, 3.8) is 0 Å². The Morgan fingerprint density at radius 1 is 0.295 bits per heavy atom. The Morgan fingerprint density at radius 2 is 0.566 bits per heavy atom. The Bertz CT molecular complexity index is 2850. The number of carboxylic acids is 1. The minimum atomic E-state index is -1.39. The number of amides is 6. The van der Waals surface area contributed by atoms with Crippen LogP contribution in [-0.4, -0.2) is 261 Å². The van der Waals surface area contributed by atoms with Crippen LogP contribution in [0.3, 0.4) is 0 Å². The highest BCUT2D eigenvalue weighted by molar-refractivity contribution is 5.79. The fraction of sp³-hybridized carbons (Fsp3) is 0.837. The maximum Gasteiger partial charge on any atom is 0.303 e. The minimum Gasteiger partial charge on any atom is -0.481 e. The Hall–Kier alpha value is -7.58. The quantitative estimate of drug-likeness (QED) is 0.0180. The zero-order valence-corrected chi connectivity index (χ0v) is 74.6. The maximum absolute atomic E-state index is 14.0. The SMILES string of the molecule is CC(=O)OCC1O[C@H](OCCCCC(=O)CCCCNC(=O)CCOCC(COCCC(=O)NCCCNC(=O)CCCCO[C@H]2OC(COC(C)=O)[C@@H](C)[C@H](C)C2OC(C)=O)(COCCC(=O)NCCCNC(=O)CCCCO[C@H]2OC(COC(C)=O)[C@@H](C)[C@H](C)C2OC(C)=O)NC(=O)CCCCCCCCCCC(=O)O)C(OC(C)=O)[C@@H](C)[C@@H]1C. The van der Waals surface area contributed by atoms with Crippen LogP contribution in [0.15, 0.2) is 0 Å². The number of esters is 6. The normalized spacial score (nSPS) is 23.0. The molecule has 0 bridgehead atoms. The summed E-state index contributed by atoms with van der Waals surface area (Å²) in [5, 5.41) is 26.3. The van der Waals surface area contributed by atoms with E-state index in [9.17, 15) is 67.1 Å². The Labute approximate surface area is 720 Å². The highest BCUT2D eigenvalue weighted by Gasteiger charge is 2.48. The second-order valence-electron chi connectivity index (χ2n) is 32.3. The van der Waals surface area contributed by atoms with Crippen LogP contribution in [0.2, 0.25) is 0 Å². The molecule has 36 heteroatoms. The van der Waals surface area contributed by atoms with Crippen LogP contribution in [0.25, 0.3) is 0 Å². The summed E-state index contributed by atoms with van der Waals surface area (Å²) in [6, 6.07) is 0. The number of ketones is 1. The van der Waals surface area contributed by atoms with Gasteiger partial charge in [-0.05, 0) is 94.8 Å². The zero-order chi connectivity index (χ0) is 90.2. The van der Waals surface area contributed by atoms with E-state index in [1.807, 2.05) is 41.5 Å². The van der Waals surface area contributed by atoms with Gasteiger partial charge in [0.15, 0.2) is 37.2 Å². The first-order chi connectivity index (χ1) is 58.2. The maximum atomic E-state index is 14.0. The van der Waals surface area contributed by atoms with Gasteiger partial charge in [-0.1, -0.05) is 80.1 Å². The van der Waals surface area contributed by atoms with Crippen molar-refractivity contribution in [2.45, 2.75) is 317 Å². The number of Topliss-reactive ketones (excluding diaryl/α,β-unsaturated/α-hetero) is 1. The molecular formula is C86H146N6O30. The molecule has 0 radical (unpaired) electrons. The molecule has 0 spiro atoms. The van der Waals surface area contributed by atoms with Gasteiger partial charge in [0.2, 0.25) is 35.4 Å². The monoisotopic (exact) mass is 1740 g/mol. The van der Waals surface area contributed by atoms with Crippen molar-refractivity contribution in [2.24, 2.45) is 35.5 Å². The summed E-state index contributed by atoms with van der Waals surface area (Å²) >= 11 is 0. The van der Waals surface area contributed by atoms with Crippen molar-refractivity contribution in [3.8, 4) is 0 Å². The largest absolute Gasteiger partial charge is 0.481 e. The first-order valence-corrected chi connectivity index (χ1v) is 44.0. The molecule has 6 amide bonds. The van der Waals surface area contributed by atoms with Crippen LogP contribution >= 0.6 is 0 Å². The van der Waals surface area contributed by atoms with E-state index >= 15 is 0 Å². The van der Waals surface area contributed by atoms with Crippen molar-refractivity contribution < 1.29 is 143 Å². The van der Waals surface area contributed by atoms with Gasteiger partial charge < -0.3 is 108 Å². The molecule has 3 saturated heterocycles. The lowest BCUT2D eigenvalue weighted by molar-refractivity contribution is -0.280. The predicted molar refractivity (Wildman–Crippen MR) is 441 cm³/mol. The number of carbonyl (C=O) groups is 14. The molecule has 3 fully saturated rings. The van der Waals surface area contributed by atoms with Gasteiger partial charge in [0.05, 0.1) is 58.0 Å². The van der Waals surface area contributed by atoms with Gasteiger partial charge in [-0.25, -0.2) is 0 Å². The number of carbonyl (C=O) groups excluding carboxylic acids is 13. The average molecular weight is 1740 g/mol. The van der Waals surface area contributed by atoms with E-state index in [2.05, 4.69) is 31.9 Å². The second kappa shape index (κ2) is 63.4. The second-order valence-corrected chi connectivity index (χ2v) is 32.3. The van der Waals surface area contributed by atoms with Crippen LogP contribution in [-0.2, 0) is 138 Å². The molecule has 3 aliphatic heterocycles. The molecule has 3 rings (SSSR count). The number of hydrogen-bond acceptors (Lipinski definition) is 29. The van der Waals surface area contributed by atoms with Crippen molar-refractivity contribution in [2.75, 3.05) is 112 Å². The van der Waals surface area contributed by atoms with Gasteiger partial charge in [-0.15, -0.1) is 0 Å². The third-order valence-corrected chi connectivity index (χ3v) is 21.8. The van der Waals surface area contributed by atoms with Gasteiger partial charge in [0.1, 0.15) is 31.1 Å². The summed E-state index contributed by atoms with van der Waals surface area (Å²) in [7, 11) is 0. The molecule has 6 unspecified atom stereocenters. The number of unbranched alkanes of at least 4 members (excludes halogenated alkanes) is 11. The van der Waals surface area contributed by atoms with Gasteiger partial charge in [0.25, 0.3) is 0 Å². The van der Waals surface area contributed by atoms with E-state index in [-0.39, 0.29) is 227 Å². The molecule has 0 saturated carbocycles. The van der Waals surface area contributed by atoms with Crippen LogP contribution in [0.4, 0.5) is 0 Å². The molecule has 700 valence electrons. The molecule has 0 aliphatic carbocycles. The first kappa shape index (κ1) is 109. The number of rotatable bonds is 67. The van der Waals surface area contributed by atoms with E-state index in [0.29, 0.717) is 96.4 Å². The summed E-state index contributed by atoms with van der Waals surface area (Å²) in [4.78, 5) is 173. The van der Waals surface area contributed by atoms with Crippen LogP contribution in [0, 0.1) is 35.5 Å². The summed E-state index contributed by atoms with van der Waals surface area (Å²) in [5.74, 6) is -6.08. The molecule has 15 atom stereocenters. The molecule has 3 heterocycles. The predicted octanol–water partition coefficient (Wildman–Crippen LogP) is 7.18. The van der Waals surface area contributed by atoms with Gasteiger partial charge in [0, 0.05) is 170 Å². The molecular weight excluding hydrogens is 1600 g/mol.